The smallest absolute Gasteiger partial charge is 0.249 e. The predicted octanol–water partition coefficient (Wildman–Crippen LogP) is 3.51. The van der Waals surface area contributed by atoms with E-state index in [0.29, 0.717) is 11.6 Å². The van der Waals surface area contributed by atoms with Crippen LogP contribution in [0, 0.1) is 0 Å². The molecule has 0 unspecified atom stereocenters. The fourth-order valence-electron chi connectivity index (χ4n) is 1.43. The Labute approximate surface area is 114 Å². The first-order chi connectivity index (χ1) is 8.69. The molecule has 1 N–H and O–H groups in total. The summed E-state index contributed by atoms with van der Waals surface area (Å²) in [7, 11) is 0. The second-order valence-electron chi connectivity index (χ2n) is 3.59. The lowest BCUT2D eigenvalue weighted by atomic mass is 10.1. The number of anilines is 1. The van der Waals surface area contributed by atoms with Crippen LogP contribution < -0.4 is 5.32 Å². The van der Waals surface area contributed by atoms with Crippen LogP contribution >= 0.6 is 22.9 Å². The Bertz CT molecular complexity index is 580. The van der Waals surface area contributed by atoms with Gasteiger partial charge in [-0.15, -0.1) is 11.3 Å². The fourth-order valence-corrected chi connectivity index (χ4v) is 2.47. The molecule has 2 aromatic rings. The molecule has 3 nitrogen and oxygen atoms in total. The minimum Gasteiger partial charge on any atom is -0.298 e. The lowest BCUT2D eigenvalue weighted by molar-refractivity contribution is -0.111. The Morgan fingerprint density at radius 3 is 3.00 bits per heavy atom. The van der Waals surface area contributed by atoms with Gasteiger partial charge in [0.2, 0.25) is 5.91 Å². The number of benzene rings is 1. The molecule has 0 atom stereocenters. The van der Waals surface area contributed by atoms with Crippen molar-refractivity contribution in [2.45, 2.75) is 6.42 Å². The molecule has 0 fully saturated rings. The number of carbonyl (C=O) groups excluding carboxylic acids is 1. The van der Waals surface area contributed by atoms with Crippen molar-refractivity contribution < 1.29 is 4.79 Å². The van der Waals surface area contributed by atoms with Gasteiger partial charge < -0.3 is 0 Å². The third kappa shape index (κ3) is 3.18. The van der Waals surface area contributed by atoms with Crippen LogP contribution in [0.15, 0.2) is 43.1 Å². The van der Waals surface area contributed by atoms with Crippen LogP contribution in [-0.2, 0) is 11.2 Å². The van der Waals surface area contributed by atoms with Crippen molar-refractivity contribution in [3.63, 3.8) is 0 Å². The molecule has 5 heteroatoms. The number of hydrogen-bond donors (Lipinski definition) is 1. The topological polar surface area (TPSA) is 42.0 Å². The van der Waals surface area contributed by atoms with Crippen molar-refractivity contribution in [3.8, 4) is 0 Å². The lowest BCUT2D eigenvalue weighted by Crippen LogP contribution is -2.06. The molecule has 0 aliphatic rings. The standard InChI is InChI=1S/C13H11ClN2OS/c1-2-12(17)16-13-15-8-10(18-13)7-9-5-3-4-6-11(9)14/h2-6,8H,1,7H2,(H,15,16,17). The first-order valence-electron chi connectivity index (χ1n) is 5.30. The van der Waals surface area contributed by atoms with E-state index in [0.717, 1.165) is 15.5 Å². The number of rotatable bonds is 4. The number of halogens is 1. The van der Waals surface area contributed by atoms with Crippen molar-refractivity contribution in [1.82, 2.24) is 4.98 Å². The predicted molar refractivity (Wildman–Crippen MR) is 75.2 cm³/mol. The molecule has 0 saturated heterocycles. The third-order valence-electron chi connectivity index (χ3n) is 2.29. The summed E-state index contributed by atoms with van der Waals surface area (Å²) >= 11 is 7.52. The van der Waals surface area contributed by atoms with Gasteiger partial charge in [0.1, 0.15) is 0 Å². The summed E-state index contributed by atoms with van der Waals surface area (Å²) in [4.78, 5) is 16.3. The van der Waals surface area contributed by atoms with Crippen LogP contribution in [-0.4, -0.2) is 10.9 Å². The van der Waals surface area contributed by atoms with Crippen molar-refractivity contribution in [2.24, 2.45) is 0 Å². The molecule has 0 saturated carbocycles. The second kappa shape index (κ2) is 5.80. The first-order valence-corrected chi connectivity index (χ1v) is 6.50. The Hall–Kier alpha value is -1.65. The third-order valence-corrected chi connectivity index (χ3v) is 3.57. The summed E-state index contributed by atoms with van der Waals surface area (Å²) in [5.41, 5.74) is 1.05. The molecule has 0 radical (unpaired) electrons. The zero-order valence-electron chi connectivity index (χ0n) is 9.52. The van der Waals surface area contributed by atoms with E-state index in [1.165, 1.54) is 17.4 Å². The van der Waals surface area contributed by atoms with E-state index in [-0.39, 0.29) is 5.91 Å². The van der Waals surface area contributed by atoms with Crippen LogP contribution in [0.5, 0.6) is 0 Å². The number of amides is 1. The van der Waals surface area contributed by atoms with Crippen LogP contribution in [0.4, 0.5) is 5.13 Å². The van der Waals surface area contributed by atoms with Crippen LogP contribution in [0.1, 0.15) is 10.4 Å². The molecule has 18 heavy (non-hydrogen) atoms. The lowest BCUT2D eigenvalue weighted by Gasteiger charge is -2.00. The SMILES string of the molecule is C=CC(=O)Nc1ncc(Cc2ccccc2Cl)s1. The van der Waals surface area contributed by atoms with Gasteiger partial charge in [0, 0.05) is 22.5 Å². The number of hydrogen-bond acceptors (Lipinski definition) is 3. The molecule has 1 amide bonds. The summed E-state index contributed by atoms with van der Waals surface area (Å²) in [6.45, 7) is 3.39. The summed E-state index contributed by atoms with van der Waals surface area (Å²) < 4.78 is 0. The van der Waals surface area contributed by atoms with Gasteiger partial charge in [-0.3, -0.25) is 10.1 Å². The van der Waals surface area contributed by atoms with E-state index in [9.17, 15) is 4.79 Å². The maximum absolute atomic E-state index is 11.1. The van der Waals surface area contributed by atoms with E-state index in [1.807, 2.05) is 24.3 Å². The van der Waals surface area contributed by atoms with Gasteiger partial charge in [-0.05, 0) is 17.7 Å². The Morgan fingerprint density at radius 1 is 1.50 bits per heavy atom. The van der Waals surface area contributed by atoms with Crippen molar-refractivity contribution in [1.29, 1.82) is 0 Å². The van der Waals surface area contributed by atoms with E-state index in [2.05, 4.69) is 16.9 Å². The Balaban J connectivity index is 2.09. The molecule has 1 heterocycles. The molecule has 1 aromatic heterocycles. The van der Waals surface area contributed by atoms with E-state index in [4.69, 9.17) is 11.6 Å². The zero-order chi connectivity index (χ0) is 13.0. The highest BCUT2D eigenvalue weighted by Gasteiger charge is 2.06. The van der Waals surface area contributed by atoms with Gasteiger partial charge in [0.15, 0.2) is 5.13 Å². The normalized spacial score (nSPS) is 10.1. The molecule has 92 valence electrons. The van der Waals surface area contributed by atoms with Crippen molar-refractivity contribution >= 4 is 34.0 Å². The fraction of sp³-hybridized carbons (Fsp3) is 0.0769. The molecule has 0 aliphatic heterocycles. The highest BCUT2D eigenvalue weighted by atomic mass is 35.5. The number of thiazole rings is 1. The summed E-state index contributed by atoms with van der Waals surface area (Å²) in [5, 5.41) is 3.94. The molecule has 0 aliphatic carbocycles. The summed E-state index contributed by atoms with van der Waals surface area (Å²) in [6.07, 6.45) is 3.67. The Kier molecular flexibility index (Phi) is 4.12. The second-order valence-corrected chi connectivity index (χ2v) is 5.12. The van der Waals surface area contributed by atoms with Crippen molar-refractivity contribution in [3.05, 3.63) is 58.6 Å². The van der Waals surface area contributed by atoms with Gasteiger partial charge in [0.05, 0.1) is 0 Å². The van der Waals surface area contributed by atoms with Crippen LogP contribution in [0.2, 0.25) is 5.02 Å². The van der Waals surface area contributed by atoms with Gasteiger partial charge in [-0.25, -0.2) is 4.98 Å². The highest BCUT2D eigenvalue weighted by molar-refractivity contribution is 7.15. The maximum Gasteiger partial charge on any atom is 0.249 e. The maximum atomic E-state index is 11.1. The largest absolute Gasteiger partial charge is 0.298 e. The molecular formula is C13H11ClN2OS. The minimum atomic E-state index is -0.256. The monoisotopic (exact) mass is 278 g/mol. The number of nitrogens with one attached hydrogen (secondary N) is 1. The summed E-state index contributed by atoms with van der Waals surface area (Å²) in [5.74, 6) is -0.256. The van der Waals surface area contributed by atoms with Crippen molar-refractivity contribution in [2.75, 3.05) is 5.32 Å². The van der Waals surface area contributed by atoms with Gasteiger partial charge >= 0.3 is 0 Å². The molecule has 1 aromatic carbocycles. The average molecular weight is 279 g/mol. The summed E-state index contributed by atoms with van der Waals surface area (Å²) in [6, 6.07) is 7.68. The Morgan fingerprint density at radius 2 is 2.28 bits per heavy atom. The van der Waals surface area contributed by atoms with Gasteiger partial charge in [-0.2, -0.15) is 0 Å². The van der Waals surface area contributed by atoms with E-state index in [1.54, 1.807) is 6.20 Å². The van der Waals surface area contributed by atoms with Gasteiger partial charge in [0.25, 0.3) is 0 Å². The number of nitrogens with zero attached hydrogens (tertiary/aromatic N) is 1. The molecule has 0 bridgehead atoms. The highest BCUT2D eigenvalue weighted by Crippen LogP contribution is 2.24. The zero-order valence-corrected chi connectivity index (χ0v) is 11.1. The number of carbonyl (C=O) groups is 1. The van der Waals surface area contributed by atoms with Gasteiger partial charge in [-0.1, -0.05) is 36.4 Å². The number of aromatic nitrogens is 1. The first kappa shape index (κ1) is 12.8. The van der Waals surface area contributed by atoms with Crippen LogP contribution in [0.25, 0.3) is 0 Å². The van der Waals surface area contributed by atoms with E-state index >= 15 is 0 Å². The quantitative estimate of drug-likeness (QED) is 0.870. The molecule has 0 spiro atoms. The molecule has 2 rings (SSSR count). The average Bonchev–Trinajstić information content (AvgIpc) is 2.79. The minimum absolute atomic E-state index is 0.256. The van der Waals surface area contributed by atoms with E-state index < -0.39 is 0 Å². The van der Waals surface area contributed by atoms with Crippen LogP contribution in [0.3, 0.4) is 0 Å². The molecular weight excluding hydrogens is 268 g/mol.